The van der Waals surface area contributed by atoms with Gasteiger partial charge in [0.1, 0.15) is 18.3 Å². The van der Waals surface area contributed by atoms with Gasteiger partial charge < -0.3 is 25.3 Å². The largest absolute Gasteiger partial charge is 0.394 e. The lowest BCUT2D eigenvalue weighted by Gasteiger charge is -2.24. The molecule has 29 heavy (non-hydrogen) atoms. The van der Waals surface area contributed by atoms with E-state index in [1.165, 1.54) is 6.07 Å². The highest BCUT2D eigenvalue weighted by Gasteiger charge is 2.27. The molecule has 0 saturated carbocycles. The van der Waals surface area contributed by atoms with E-state index in [4.69, 9.17) is 9.94 Å². The van der Waals surface area contributed by atoms with Gasteiger partial charge in [-0.3, -0.25) is 14.4 Å². The van der Waals surface area contributed by atoms with Gasteiger partial charge in [0.15, 0.2) is 0 Å². The molecule has 2 amide bonds. The molecule has 5 N–H and O–H groups in total. The summed E-state index contributed by atoms with van der Waals surface area (Å²) in [6.07, 6.45) is -2.82. The number of carbonyl (C=O) groups is 2. The van der Waals surface area contributed by atoms with Crippen molar-refractivity contribution >= 4 is 11.8 Å². The third kappa shape index (κ3) is 7.37. The summed E-state index contributed by atoms with van der Waals surface area (Å²) in [5, 5.41) is 37.4. The summed E-state index contributed by atoms with van der Waals surface area (Å²) in [7, 11) is 0. The lowest BCUT2D eigenvalue weighted by molar-refractivity contribution is -0.136. The van der Waals surface area contributed by atoms with Gasteiger partial charge in [0, 0.05) is 24.2 Å². The summed E-state index contributed by atoms with van der Waals surface area (Å²) >= 11 is 0. The number of hydrogen-bond donors (Lipinski definition) is 5. The molecule has 0 radical (unpaired) electrons. The molecule has 3 atom stereocenters. The minimum Gasteiger partial charge on any atom is -0.394 e. The fourth-order valence-electron chi connectivity index (χ4n) is 2.83. The van der Waals surface area contributed by atoms with E-state index in [1.54, 1.807) is 24.0 Å². The fourth-order valence-corrected chi connectivity index (χ4v) is 2.83. The van der Waals surface area contributed by atoms with E-state index in [0.29, 0.717) is 24.2 Å². The minimum absolute atomic E-state index is 0.165. The third-order valence-electron chi connectivity index (χ3n) is 4.31. The molecule has 0 aromatic heterocycles. The van der Waals surface area contributed by atoms with Crippen molar-refractivity contribution < 1.29 is 34.9 Å². The molecule has 0 spiro atoms. The quantitative estimate of drug-likeness (QED) is 0.304. The fraction of sp³-hybridized carbons (Fsp3) is 0.600. The zero-order valence-corrected chi connectivity index (χ0v) is 17.2. The molecule has 9 nitrogen and oxygen atoms in total. The van der Waals surface area contributed by atoms with E-state index in [9.17, 15) is 24.9 Å². The Kier molecular flexibility index (Phi) is 10.8. The van der Waals surface area contributed by atoms with Crippen molar-refractivity contribution in [3.8, 4) is 0 Å². The predicted molar refractivity (Wildman–Crippen MR) is 106 cm³/mol. The standard InChI is InChI=1S/C20H32N2O7/c1-4-6-22(7-5-2)20(28)15-9-13(3)8-14(10-15)19(27)21-29-17(12-24)18(26)16(25)11-23/h8-10,16-18,23-26H,4-7,11-12H2,1-3H3,(H,21,27)/t16?,17-,18+/m0/s1. The maximum Gasteiger partial charge on any atom is 0.274 e. The van der Waals surface area contributed by atoms with Crippen molar-refractivity contribution in [1.29, 1.82) is 0 Å². The number of nitrogens with one attached hydrogen (secondary N) is 1. The second-order valence-electron chi connectivity index (χ2n) is 6.89. The number of benzene rings is 1. The van der Waals surface area contributed by atoms with Gasteiger partial charge in [-0.25, -0.2) is 5.48 Å². The topological polar surface area (TPSA) is 140 Å². The molecule has 0 heterocycles. The Morgan fingerprint density at radius 2 is 1.62 bits per heavy atom. The molecule has 0 fully saturated rings. The van der Waals surface area contributed by atoms with Crippen LogP contribution < -0.4 is 5.48 Å². The number of hydroxylamine groups is 1. The van der Waals surface area contributed by atoms with Crippen LogP contribution in [0.5, 0.6) is 0 Å². The predicted octanol–water partition coefficient (Wildman–Crippen LogP) is -0.00638. The summed E-state index contributed by atoms with van der Waals surface area (Å²) in [5.41, 5.74) is 3.37. The van der Waals surface area contributed by atoms with Gasteiger partial charge in [0.25, 0.3) is 11.8 Å². The first-order valence-electron chi connectivity index (χ1n) is 9.73. The smallest absolute Gasteiger partial charge is 0.274 e. The first-order valence-corrected chi connectivity index (χ1v) is 9.73. The molecule has 9 heteroatoms. The highest BCUT2D eigenvalue weighted by Crippen LogP contribution is 2.14. The number of amides is 2. The Labute approximate surface area is 170 Å². The summed E-state index contributed by atoms with van der Waals surface area (Å²) in [5.74, 6) is -0.841. The van der Waals surface area contributed by atoms with Crippen LogP contribution >= 0.6 is 0 Å². The van der Waals surface area contributed by atoms with Crippen molar-refractivity contribution in [1.82, 2.24) is 10.4 Å². The summed E-state index contributed by atoms with van der Waals surface area (Å²) in [4.78, 5) is 32.0. The van der Waals surface area contributed by atoms with Crippen LogP contribution in [0.25, 0.3) is 0 Å². The van der Waals surface area contributed by atoms with Gasteiger partial charge in [-0.15, -0.1) is 0 Å². The Morgan fingerprint density at radius 3 is 2.14 bits per heavy atom. The van der Waals surface area contributed by atoms with Crippen molar-refractivity contribution in [2.45, 2.75) is 51.9 Å². The van der Waals surface area contributed by atoms with E-state index < -0.39 is 37.4 Å². The van der Waals surface area contributed by atoms with E-state index >= 15 is 0 Å². The highest BCUT2D eigenvalue weighted by atomic mass is 16.7. The maximum atomic E-state index is 12.8. The molecule has 1 aromatic rings. The Bertz CT molecular complexity index is 662. The van der Waals surface area contributed by atoms with E-state index in [2.05, 4.69) is 5.48 Å². The van der Waals surface area contributed by atoms with Crippen LogP contribution in [-0.4, -0.2) is 81.8 Å². The van der Waals surface area contributed by atoms with Gasteiger partial charge in [0.05, 0.1) is 13.2 Å². The second-order valence-corrected chi connectivity index (χ2v) is 6.89. The summed E-state index contributed by atoms with van der Waals surface area (Å²) in [6, 6.07) is 4.74. The van der Waals surface area contributed by atoms with Gasteiger partial charge in [-0.1, -0.05) is 13.8 Å². The van der Waals surface area contributed by atoms with Crippen molar-refractivity contribution in [3.05, 3.63) is 34.9 Å². The summed E-state index contributed by atoms with van der Waals surface area (Å²) < 4.78 is 0. The number of aryl methyl sites for hydroxylation is 1. The van der Waals surface area contributed by atoms with Crippen molar-refractivity contribution in [3.63, 3.8) is 0 Å². The molecule has 0 bridgehead atoms. The normalized spacial score (nSPS) is 14.2. The SMILES string of the molecule is CCCN(CCC)C(=O)c1cc(C)cc(C(=O)NO[C@@H](CO)[C@H](O)C(O)CO)c1. The van der Waals surface area contributed by atoms with Crippen LogP contribution in [0.4, 0.5) is 0 Å². The molecule has 1 unspecified atom stereocenters. The molecule has 1 aromatic carbocycles. The van der Waals surface area contributed by atoms with Gasteiger partial charge >= 0.3 is 0 Å². The Balaban J connectivity index is 2.93. The van der Waals surface area contributed by atoms with Crippen LogP contribution in [-0.2, 0) is 4.84 Å². The number of hydrogen-bond acceptors (Lipinski definition) is 7. The number of carbonyl (C=O) groups excluding carboxylic acids is 2. The molecule has 164 valence electrons. The van der Waals surface area contributed by atoms with Crippen molar-refractivity contribution in [2.24, 2.45) is 0 Å². The third-order valence-corrected chi connectivity index (χ3v) is 4.31. The first-order chi connectivity index (χ1) is 13.8. The average Bonchev–Trinajstić information content (AvgIpc) is 2.71. The number of nitrogens with zero attached hydrogens (tertiary/aromatic N) is 1. The van der Waals surface area contributed by atoms with Crippen LogP contribution in [0.2, 0.25) is 0 Å². The van der Waals surface area contributed by atoms with Gasteiger partial charge in [0.2, 0.25) is 0 Å². The molecular formula is C20H32N2O7. The van der Waals surface area contributed by atoms with Gasteiger partial charge in [-0.2, -0.15) is 0 Å². The Morgan fingerprint density at radius 1 is 1.03 bits per heavy atom. The van der Waals surface area contributed by atoms with Crippen LogP contribution in [0.15, 0.2) is 18.2 Å². The molecule has 0 aliphatic carbocycles. The van der Waals surface area contributed by atoms with E-state index in [1.807, 2.05) is 13.8 Å². The highest BCUT2D eigenvalue weighted by molar-refractivity contribution is 5.99. The molecular weight excluding hydrogens is 380 g/mol. The molecule has 0 aliphatic heterocycles. The average molecular weight is 412 g/mol. The second kappa shape index (κ2) is 12.5. The minimum atomic E-state index is -1.60. The zero-order chi connectivity index (χ0) is 22.0. The number of aliphatic hydroxyl groups excluding tert-OH is 4. The van der Waals surface area contributed by atoms with Crippen LogP contribution in [0.1, 0.15) is 53.0 Å². The van der Waals surface area contributed by atoms with E-state index in [-0.39, 0.29) is 11.5 Å². The maximum absolute atomic E-state index is 12.8. The van der Waals surface area contributed by atoms with Gasteiger partial charge in [-0.05, 0) is 43.5 Å². The molecule has 1 rings (SSSR count). The summed E-state index contributed by atoms with van der Waals surface area (Å²) in [6.45, 7) is 5.55. The monoisotopic (exact) mass is 412 g/mol. The molecule has 0 saturated heterocycles. The Hall–Kier alpha value is -2.04. The van der Waals surface area contributed by atoms with Crippen LogP contribution in [0, 0.1) is 6.92 Å². The number of rotatable bonds is 12. The zero-order valence-electron chi connectivity index (χ0n) is 17.2. The lowest BCUT2D eigenvalue weighted by Crippen LogP contribution is -2.46. The van der Waals surface area contributed by atoms with Crippen LogP contribution in [0.3, 0.4) is 0 Å². The number of aliphatic hydroxyl groups is 4. The molecule has 0 aliphatic rings. The van der Waals surface area contributed by atoms with E-state index in [0.717, 1.165) is 12.8 Å². The lowest BCUT2D eigenvalue weighted by atomic mass is 10.0. The van der Waals surface area contributed by atoms with Crippen molar-refractivity contribution in [2.75, 3.05) is 26.3 Å². The first kappa shape index (κ1) is 25.0.